The highest BCUT2D eigenvalue weighted by Crippen LogP contribution is 2.44. The first-order valence-corrected chi connectivity index (χ1v) is 7.29. The van der Waals surface area contributed by atoms with Gasteiger partial charge in [-0.1, -0.05) is 6.92 Å². The minimum atomic E-state index is 0.209. The first-order valence-electron chi connectivity index (χ1n) is 7.29. The van der Waals surface area contributed by atoms with Crippen LogP contribution >= 0.6 is 0 Å². The molecule has 2 saturated carbocycles. The second kappa shape index (κ2) is 4.51. The van der Waals surface area contributed by atoms with Crippen LogP contribution in [0.3, 0.4) is 0 Å². The second-order valence-electron chi connectivity index (χ2n) is 6.34. The fraction of sp³-hybridized carbons (Fsp3) is 0.929. The standard InChI is InChI=1S/C14H24N2O/c1-10-3-2-8-16(9-10)14(17)15-13(11-4-5-11)12-6-7-12/h10-13H,2-9H2,1H3,(H,15,17). The van der Waals surface area contributed by atoms with Crippen molar-refractivity contribution >= 4 is 6.03 Å². The third-order valence-electron chi connectivity index (χ3n) is 4.49. The van der Waals surface area contributed by atoms with E-state index in [9.17, 15) is 4.79 Å². The Balaban J connectivity index is 1.54. The van der Waals surface area contributed by atoms with Crippen molar-refractivity contribution in [2.75, 3.05) is 13.1 Å². The van der Waals surface area contributed by atoms with E-state index in [4.69, 9.17) is 0 Å². The summed E-state index contributed by atoms with van der Waals surface area (Å²) < 4.78 is 0. The number of likely N-dealkylation sites (tertiary alicyclic amines) is 1. The molecule has 0 aromatic rings. The smallest absolute Gasteiger partial charge is 0.317 e. The Bertz CT molecular complexity index is 285. The van der Waals surface area contributed by atoms with Crippen LogP contribution in [0, 0.1) is 17.8 Å². The molecule has 3 rings (SSSR count). The molecule has 0 spiro atoms. The van der Waals surface area contributed by atoms with Gasteiger partial charge in [-0.25, -0.2) is 4.79 Å². The van der Waals surface area contributed by atoms with Gasteiger partial charge in [-0.15, -0.1) is 0 Å². The van der Waals surface area contributed by atoms with Gasteiger partial charge in [0.15, 0.2) is 0 Å². The lowest BCUT2D eigenvalue weighted by molar-refractivity contribution is 0.163. The first-order chi connectivity index (χ1) is 8.24. The van der Waals surface area contributed by atoms with Gasteiger partial charge >= 0.3 is 6.03 Å². The largest absolute Gasteiger partial charge is 0.335 e. The van der Waals surface area contributed by atoms with Crippen molar-refractivity contribution in [2.45, 2.75) is 51.5 Å². The van der Waals surface area contributed by atoms with E-state index in [2.05, 4.69) is 12.2 Å². The Morgan fingerprint density at radius 1 is 1.18 bits per heavy atom. The van der Waals surface area contributed by atoms with E-state index in [1.165, 1.54) is 38.5 Å². The minimum absolute atomic E-state index is 0.209. The summed E-state index contributed by atoms with van der Waals surface area (Å²) in [5.41, 5.74) is 0. The number of rotatable bonds is 3. The topological polar surface area (TPSA) is 32.3 Å². The highest BCUT2D eigenvalue weighted by Gasteiger charge is 2.42. The zero-order chi connectivity index (χ0) is 11.8. The predicted molar refractivity (Wildman–Crippen MR) is 67.7 cm³/mol. The van der Waals surface area contributed by atoms with Crippen LogP contribution in [0.15, 0.2) is 0 Å². The molecule has 1 unspecified atom stereocenters. The van der Waals surface area contributed by atoms with E-state index in [0.717, 1.165) is 24.9 Å². The normalized spacial score (nSPS) is 29.5. The van der Waals surface area contributed by atoms with E-state index in [1.54, 1.807) is 0 Å². The Morgan fingerprint density at radius 2 is 1.82 bits per heavy atom. The van der Waals surface area contributed by atoms with Gasteiger partial charge < -0.3 is 10.2 Å². The minimum Gasteiger partial charge on any atom is -0.335 e. The van der Waals surface area contributed by atoms with Crippen molar-refractivity contribution in [1.29, 1.82) is 0 Å². The van der Waals surface area contributed by atoms with Crippen molar-refractivity contribution in [3.05, 3.63) is 0 Å². The summed E-state index contributed by atoms with van der Waals surface area (Å²) in [5, 5.41) is 3.32. The summed E-state index contributed by atoms with van der Waals surface area (Å²) in [6, 6.07) is 0.708. The predicted octanol–water partition coefficient (Wildman–Crippen LogP) is 2.62. The molecule has 0 radical (unpaired) electrons. The average molecular weight is 236 g/mol. The Labute approximate surface area is 104 Å². The monoisotopic (exact) mass is 236 g/mol. The Morgan fingerprint density at radius 3 is 2.35 bits per heavy atom. The van der Waals surface area contributed by atoms with Crippen LogP contribution in [0.1, 0.15) is 45.4 Å². The molecular weight excluding hydrogens is 212 g/mol. The molecule has 3 nitrogen and oxygen atoms in total. The molecule has 3 fully saturated rings. The molecule has 1 heterocycles. The van der Waals surface area contributed by atoms with Gasteiger partial charge in [0.05, 0.1) is 0 Å². The van der Waals surface area contributed by atoms with Crippen molar-refractivity contribution in [3.63, 3.8) is 0 Å². The van der Waals surface area contributed by atoms with Gasteiger partial charge in [-0.05, 0) is 56.3 Å². The Kier molecular flexibility index (Phi) is 3.01. The van der Waals surface area contributed by atoms with Gasteiger partial charge in [0.1, 0.15) is 0 Å². The second-order valence-corrected chi connectivity index (χ2v) is 6.34. The summed E-state index contributed by atoms with van der Waals surface area (Å²) >= 11 is 0. The zero-order valence-corrected chi connectivity index (χ0v) is 10.8. The summed E-state index contributed by atoms with van der Waals surface area (Å²) in [4.78, 5) is 14.3. The van der Waals surface area contributed by atoms with Gasteiger partial charge in [0.25, 0.3) is 0 Å². The highest BCUT2D eigenvalue weighted by atomic mass is 16.2. The van der Waals surface area contributed by atoms with Crippen LogP contribution in [0.4, 0.5) is 4.79 Å². The van der Waals surface area contributed by atoms with Crippen molar-refractivity contribution < 1.29 is 4.79 Å². The SMILES string of the molecule is CC1CCCN(C(=O)NC(C2CC2)C2CC2)C1. The van der Waals surface area contributed by atoms with Crippen LogP contribution in [0.2, 0.25) is 0 Å². The highest BCUT2D eigenvalue weighted by molar-refractivity contribution is 5.74. The first kappa shape index (κ1) is 11.4. The third-order valence-corrected chi connectivity index (χ3v) is 4.49. The summed E-state index contributed by atoms with van der Waals surface area (Å²) in [5.74, 6) is 2.28. The molecule has 1 atom stereocenters. The van der Waals surface area contributed by atoms with Crippen molar-refractivity contribution in [2.24, 2.45) is 17.8 Å². The Hall–Kier alpha value is -0.730. The number of hydrogen-bond acceptors (Lipinski definition) is 1. The number of amides is 2. The lowest BCUT2D eigenvalue weighted by Gasteiger charge is -2.32. The van der Waals surface area contributed by atoms with Crippen molar-refractivity contribution in [3.8, 4) is 0 Å². The molecule has 0 bridgehead atoms. The number of carbonyl (C=O) groups excluding carboxylic acids is 1. The molecule has 1 N–H and O–H groups in total. The molecule has 3 aliphatic rings. The lowest BCUT2D eigenvalue weighted by Crippen LogP contribution is -2.49. The maximum Gasteiger partial charge on any atom is 0.317 e. The molecule has 17 heavy (non-hydrogen) atoms. The molecule has 2 amide bonds. The van der Waals surface area contributed by atoms with Crippen LogP contribution in [0.5, 0.6) is 0 Å². The quantitative estimate of drug-likeness (QED) is 0.802. The van der Waals surface area contributed by atoms with Crippen LogP contribution < -0.4 is 5.32 Å². The lowest BCUT2D eigenvalue weighted by atomic mass is 10.0. The van der Waals surface area contributed by atoms with Crippen LogP contribution in [-0.2, 0) is 0 Å². The number of nitrogens with one attached hydrogen (secondary N) is 1. The number of nitrogens with zero attached hydrogens (tertiary/aromatic N) is 1. The molecule has 1 aliphatic heterocycles. The summed E-state index contributed by atoms with van der Waals surface area (Å²) in [6.45, 7) is 4.16. The van der Waals surface area contributed by atoms with Crippen LogP contribution in [0.25, 0.3) is 0 Å². The maximum atomic E-state index is 12.2. The number of piperidine rings is 1. The molecule has 0 aromatic heterocycles. The molecular formula is C14H24N2O. The summed E-state index contributed by atoms with van der Waals surface area (Å²) in [6.07, 6.45) is 7.77. The fourth-order valence-corrected chi connectivity index (χ4v) is 3.14. The van der Waals surface area contributed by atoms with E-state index < -0.39 is 0 Å². The average Bonchev–Trinajstić information content (AvgIpc) is 3.16. The van der Waals surface area contributed by atoms with E-state index in [1.807, 2.05) is 4.90 Å². The van der Waals surface area contributed by atoms with E-state index in [-0.39, 0.29) is 6.03 Å². The molecule has 2 aliphatic carbocycles. The zero-order valence-electron chi connectivity index (χ0n) is 10.8. The molecule has 0 aromatic carbocycles. The number of urea groups is 1. The van der Waals surface area contributed by atoms with Gasteiger partial charge in [-0.2, -0.15) is 0 Å². The molecule has 96 valence electrons. The third kappa shape index (κ3) is 2.75. The van der Waals surface area contributed by atoms with E-state index in [0.29, 0.717) is 12.0 Å². The summed E-state index contributed by atoms with van der Waals surface area (Å²) in [7, 11) is 0. The molecule has 3 heteroatoms. The number of carbonyl (C=O) groups is 1. The maximum absolute atomic E-state index is 12.2. The van der Waals surface area contributed by atoms with E-state index >= 15 is 0 Å². The number of hydrogen-bond donors (Lipinski definition) is 1. The van der Waals surface area contributed by atoms with Gasteiger partial charge in [0, 0.05) is 19.1 Å². The molecule has 1 saturated heterocycles. The van der Waals surface area contributed by atoms with Gasteiger partial charge in [0.2, 0.25) is 0 Å². The van der Waals surface area contributed by atoms with Gasteiger partial charge in [-0.3, -0.25) is 0 Å². The van der Waals surface area contributed by atoms with Crippen molar-refractivity contribution in [1.82, 2.24) is 10.2 Å². The fourth-order valence-electron chi connectivity index (χ4n) is 3.14. The van der Waals surface area contributed by atoms with Crippen LogP contribution in [-0.4, -0.2) is 30.1 Å².